The molecule has 0 fully saturated rings. The van der Waals surface area contributed by atoms with Crippen LogP contribution in [-0.4, -0.2) is 48.7 Å². The van der Waals surface area contributed by atoms with Crippen LogP contribution in [0, 0.1) is 0 Å². The third-order valence-corrected chi connectivity index (χ3v) is 4.43. The molecule has 0 aliphatic rings. The van der Waals surface area contributed by atoms with E-state index in [1.54, 1.807) is 0 Å². The van der Waals surface area contributed by atoms with Crippen LogP contribution in [0.25, 0.3) is 11.6 Å². The van der Waals surface area contributed by atoms with Crippen LogP contribution in [0.15, 0.2) is 42.5 Å². The number of benzene rings is 2. The number of ether oxygens (including phenoxy) is 2. The van der Waals surface area contributed by atoms with E-state index in [1.165, 1.54) is 31.2 Å². The third kappa shape index (κ3) is 9.49. The molecular formula is C23H22F6N2O5. The van der Waals surface area contributed by atoms with Crippen LogP contribution in [0.4, 0.5) is 26.3 Å². The van der Waals surface area contributed by atoms with E-state index >= 15 is 0 Å². The maximum absolute atomic E-state index is 12.9. The predicted octanol–water partition coefficient (Wildman–Crippen LogP) is 4.05. The highest BCUT2D eigenvalue weighted by Crippen LogP contribution is 2.29. The highest BCUT2D eigenvalue weighted by Gasteiger charge is 2.31. The SMILES string of the molecule is C[C@@H](O)CNC(=O)/C(=C\c1ccc(OC(F)(F)F)cc1)c1cc(OCCC(F)(F)F)ccc1C(N)=O. The van der Waals surface area contributed by atoms with E-state index < -0.39 is 49.2 Å². The number of amides is 2. The van der Waals surface area contributed by atoms with Crippen molar-refractivity contribution in [2.24, 2.45) is 5.73 Å². The second kappa shape index (κ2) is 11.8. The lowest BCUT2D eigenvalue weighted by atomic mass is 9.96. The van der Waals surface area contributed by atoms with Gasteiger partial charge in [-0.05, 0) is 48.9 Å². The first-order valence-corrected chi connectivity index (χ1v) is 10.3. The standard InChI is InChI=1S/C23H22F6N2O5/c1-13(32)12-31-21(34)19(10-14-2-4-15(5-3-14)36-23(27,28)29)18-11-16(6-7-17(18)20(30)33)35-9-8-22(24,25)26/h2-7,10-11,13,32H,8-9,12H2,1H3,(H2,30,33)(H,31,34)/b19-10-/t13-/m1/s1. The minimum absolute atomic E-state index is 0.0950. The minimum atomic E-state index is -4.91. The molecule has 2 aromatic carbocycles. The lowest BCUT2D eigenvalue weighted by Crippen LogP contribution is -2.31. The predicted molar refractivity (Wildman–Crippen MR) is 117 cm³/mol. The number of aliphatic hydroxyl groups is 1. The van der Waals surface area contributed by atoms with Gasteiger partial charge >= 0.3 is 12.5 Å². The number of rotatable bonds is 10. The van der Waals surface area contributed by atoms with Gasteiger partial charge in [0.15, 0.2) is 0 Å². The topological polar surface area (TPSA) is 111 Å². The fraction of sp³-hybridized carbons (Fsp3) is 0.304. The van der Waals surface area contributed by atoms with Crippen molar-refractivity contribution in [2.45, 2.75) is 32.0 Å². The fourth-order valence-electron chi connectivity index (χ4n) is 2.87. The Hall–Kier alpha value is -3.74. The molecule has 7 nitrogen and oxygen atoms in total. The second-order valence-corrected chi connectivity index (χ2v) is 7.52. The van der Waals surface area contributed by atoms with Gasteiger partial charge in [0.05, 0.1) is 19.1 Å². The van der Waals surface area contributed by atoms with E-state index in [4.69, 9.17) is 10.5 Å². The summed E-state index contributed by atoms with van der Waals surface area (Å²) in [5.74, 6) is -2.38. The maximum atomic E-state index is 12.9. The van der Waals surface area contributed by atoms with Gasteiger partial charge in [0.25, 0.3) is 5.91 Å². The Labute approximate surface area is 201 Å². The smallest absolute Gasteiger partial charge is 0.493 e. The summed E-state index contributed by atoms with van der Waals surface area (Å²) in [7, 11) is 0. The monoisotopic (exact) mass is 520 g/mol. The van der Waals surface area contributed by atoms with Crippen LogP contribution < -0.4 is 20.5 Å². The Morgan fingerprint density at radius 3 is 2.17 bits per heavy atom. The van der Waals surface area contributed by atoms with Crippen LogP contribution in [0.2, 0.25) is 0 Å². The van der Waals surface area contributed by atoms with Crippen molar-refractivity contribution < 1.29 is 50.5 Å². The molecule has 0 bridgehead atoms. The zero-order valence-corrected chi connectivity index (χ0v) is 18.7. The van der Waals surface area contributed by atoms with E-state index in [9.17, 15) is 41.0 Å². The Morgan fingerprint density at radius 2 is 1.64 bits per heavy atom. The maximum Gasteiger partial charge on any atom is 0.573 e. The van der Waals surface area contributed by atoms with E-state index in [-0.39, 0.29) is 34.6 Å². The largest absolute Gasteiger partial charge is 0.573 e. The Bertz CT molecular complexity index is 1100. The number of hydrogen-bond acceptors (Lipinski definition) is 5. The van der Waals surface area contributed by atoms with Crippen molar-refractivity contribution in [2.75, 3.05) is 13.2 Å². The quantitative estimate of drug-likeness (QED) is 0.249. The summed E-state index contributed by atoms with van der Waals surface area (Å²) in [4.78, 5) is 24.9. The molecule has 0 heterocycles. The van der Waals surface area contributed by atoms with E-state index in [0.29, 0.717) is 0 Å². The number of nitrogens with two attached hydrogens (primary N) is 1. The summed E-state index contributed by atoms with van der Waals surface area (Å²) < 4.78 is 83.5. The fourth-order valence-corrected chi connectivity index (χ4v) is 2.87. The van der Waals surface area contributed by atoms with E-state index in [0.717, 1.165) is 24.3 Å². The molecule has 0 aliphatic heterocycles. The zero-order chi connectivity index (χ0) is 27.1. The summed E-state index contributed by atoms with van der Waals surface area (Å²) in [6.45, 7) is 0.474. The van der Waals surface area contributed by atoms with Gasteiger partial charge < -0.3 is 25.6 Å². The molecule has 2 aromatic rings. The normalized spacial score (nSPS) is 13.2. The lowest BCUT2D eigenvalue weighted by molar-refractivity contribution is -0.274. The van der Waals surface area contributed by atoms with Crippen molar-refractivity contribution in [1.82, 2.24) is 5.32 Å². The van der Waals surface area contributed by atoms with Gasteiger partial charge in [-0.2, -0.15) is 13.2 Å². The first kappa shape index (κ1) is 28.5. The van der Waals surface area contributed by atoms with Crippen LogP contribution in [0.5, 0.6) is 11.5 Å². The number of nitrogens with one attached hydrogen (secondary N) is 1. The first-order valence-electron chi connectivity index (χ1n) is 10.3. The molecule has 0 aliphatic carbocycles. The molecule has 1 atom stereocenters. The number of carbonyl (C=O) groups excluding carboxylic acids is 2. The van der Waals surface area contributed by atoms with Gasteiger partial charge in [-0.3, -0.25) is 9.59 Å². The van der Waals surface area contributed by atoms with Crippen molar-refractivity contribution in [3.63, 3.8) is 0 Å². The molecule has 196 valence electrons. The van der Waals surface area contributed by atoms with Gasteiger partial charge in [-0.25, -0.2) is 0 Å². The van der Waals surface area contributed by atoms with Gasteiger partial charge in [-0.1, -0.05) is 12.1 Å². The first-order chi connectivity index (χ1) is 16.6. The molecule has 0 saturated carbocycles. The molecular weight excluding hydrogens is 498 g/mol. The lowest BCUT2D eigenvalue weighted by Gasteiger charge is -2.16. The molecule has 13 heteroatoms. The van der Waals surface area contributed by atoms with Crippen molar-refractivity contribution in [1.29, 1.82) is 0 Å². The van der Waals surface area contributed by atoms with Gasteiger partial charge in [-0.15, -0.1) is 13.2 Å². The molecule has 2 rings (SSSR count). The zero-order valence-electron chi connectivity index (χ0n) is 18.7. The average Bonchev–Trinajstić information content (AvgIpc) is 2.74. The summed E-state index contributed by atoms with van der Waals surface area (Å²) in [6.07, 6.45) is -10.3. The number of alkyl halides is 6. The molecule has 0 saturated heterocycles. The number of carbonyl (C=O) groups is 2. The van der Waals surface area contributed by atoms with Gasteiger partial charge in [0, 0.05) is 23.2 Å². The van der Waals surface area contributed by atoms with Crippen LogP contribution in [0.1, 0.15) is 34.8 Å². The Balaban J connectivity index is 2.51. The molecule has 4 N–H and O–H groups in total. The Kier molecular flexibility index (Phi) is 9.34. The summed E-state index contributed by atoms with van der Waals surface area (Å²) in [5.41, 5.74) is 5.13. The van der Waals surface area contributed by atoms with Gasteiger partial charge in [0.1, 0.15) is 11.5 Å². The third-order valence-electron chi connectivity index (χ3n) is 4.43. The average molecular weight is 520 g/mol. The number of hydrogen-bond donors (Lipinski definition) is 3. The molecule has 0 radical (unpaired) electrons. The molecule has 0 aromatic heterocycles. The highest BCUT2D eigenvalue weighted by molar-refractivity contribution is 6.26. The molecule has 36 heavy (non-hydrogen) atoms. The van der Waals surface area contributed by atoms with Crippen molar-refractivity contribution >= 4 is 23.5 Å². The summed E-state index contributed by atoms with van der Waals surface area (Å²) in [5, 5.41) is 11.9. The summed E-state index contributed by atoms with van der Waals surface area (Å²) >= 11 is 0. The van der Waals surface area contributed by atoms with Crippen LogP contribution >= 0.6 is 0 Å². The minimum Gasteiger partial charge on any atom is -0.493 e. The van der Waals surface area contributed by atoms with Crippen molar-refractivity contribution in [3.05, 3.63) is 59.2 Å². The van der Waals surface area contributed by atoms with Crippen LogP contribution in [0.3, 0.4) is 0 Å². The number of halogens is 6. The highest BCUT2D eigenvalue weighted by atomic mass is 19.4. The van der Waals surface area contributed by atoms with E-state index in [2.05, 4.69) is 10.1 Å². The molecule has 0 spiro atoms. The Morgan fingerprint density at radius 1 is 1.03 bits per heavy atom. The molecule has 0 unspecified atom stereocenters. The number of aliphatic hydroxyl groups excluding tert-OH is 1. The number of primary amides is 1. The van der Waals surface area contributed by atoms with Crippen LogP contribution in [-0.2, 0) is 4.79 Å². The molecule has 2 amide bonds. The van der Waals surface area contributed by atoms with Gasteiger partial charge in [0.2, 0.25) is 5.91 Å². The second-order valence-electron chi connectivity index (χ2n) is 7.52. The van der Waals surface area contributed by atoms with Crippen molar-refractivity contribution in [3.8, 4) is 11.5 Å². The van der Waals surface area contributed by atoms with E-state index in [1.807, 2.05) is 0 Å². The summed E-state index contributed by atoms with van der Waals surface area (Å²) in [6, 6.07) is 7.91.